The summed E-state index contributed by atoms with van der Waals surface area (Å²) in [6.45, 7) is 5.62. The van der Waals surface area contributed by atoms with Crippen molar-refractivity contribution in [3.63, 3.8) is 0 Å². The number of likely N-dealkylation sites (N-methyl/N-ethyl adjacent to an activating group) is 1. The van der Waals surface area contributed by atoms with Crippen molar-refractivity contribution in [3.8, 4) is 39.8 Å². The van der Waals surface area contributed by atoms with Gasteiger partial charge in [-0.25, -0.2) is 4.98 Å². The predicted octanol–water partition coefficient (Wildman–Crippen LogP) is 3.74. The topological polar surface area (TPSA) is 102 Å². The van der Waals surface area contributed by atoms with Gasteiger partial charge < -0.3 is 24.0 Å². The molecule has 2 aromatic carbocycles. The van der Waals surface area contributed by atoms with Gasteiger partial charge in [-0.2, -0.15) is 0 Å². The number of benzene rings is 2. The fourth-order valence-corrected chi connectivity index (χ4v) is 5.12. The van der Waals surface area contributed by atoms with Crippen LogP contribution in [0.2, 0.25) is 0 Å². The molecule has 0 unspecified atom stereocenters. The Kier molecular flexibility index (Phi) is 9.54. The van der Waals surface area contributed by atoms with Gasteiger partial charge in [-0.15, -0.1) is 10.2 Å². The minimum absolute atomic E-state index is 0.0886. The van der Waals surface area contributed by atoms with E-state index in [1.807, 2.05) is 31.2 Å². The number of nitrogens with one attached hydrogen (secondary N) is 1. The maximum Gasteiger partial charge on any atom is 0.250 e. The number of amides is 1. The quantitative estimate of drug-likeness (QED) is 0.402. The minimum atomic E-state index is -0.266. The fraction of sp³-hybridized carbons (Fsp3) is 0.370. The number of aromatic nitrogens is 3. The summed E-state index contributed by atoms with van der Waals surface area (Å²) >= 11 is 6.87. The molecule has 1 saturated heterocycles. The van der Waals surface area contributed by atoms with Gasteiger partial charge in [0.15, 0.2) is 11.5 Å². The molecule has 0 radical (unpaired) electrons. The van der Waals surface area contributed by atoms with Crippen molar-refractivity contribution in [3.05, 3.63) is 42.0 Å². The first-order chi connectivity index (χ1) is 18.8. The molecule has 1 aliphatic heterocycles. The van der Waals surface area contributed by atoms with Crippen LogP contribution in [0.4, 0.5) is 5.95 Å². The number of aryl methyl sites for hydroxylation is 1. The average molecular weight is 569 g/mol. The molecule has 39 heavy (non-hydrogen) atoms. The molecule has 0 spiro atoms. The molecule has 4 rings (SSSR count). The number of thiocarbonyl (C=S) groups is 1. The number of methoxy groups -OCH3 is 3. The standard InChI is InChI=1S/C27H32N6O4S2/c1-17-6-8-18(9-7-17)24-23(19-14-20(35-3)25(37-5)21(15-19)36-4)29-26(31-30-24)28-22(34)16-39-27(38)33-12-10-32(2)11-13-33/h6-9,14-15H,10-13,16H2,1-5H3,(H,28,29,31,34). The maximum atomic E-state index is 12.8. The highest BCUT2D eigenvalue weighted by Gasteiger charge is 2.21. The second kappa shape index (κ2) is 13.0. The van der Waals surface area contributed by atoms with Crippen LogP contribution in [-0.2, 0) is 4.79 Å². The molecular weight excluding hydrogens is 536 g/mol. The highest BCUT2D eigenvalue weighted by Crippen LogP contribution is 2.42. The molecule has 10 nitrogen and oxygen atoms in total. The lowest BCUT2D eigenvalue weighted by molar-refractivity contribution is -0.113. The third-order valence-electron chi connectivity index (χ3n) is 6.29. The van der Waals surface area contributed by atoms with Gasteiger partial charge in [0.2, 0.25) is 17.6 Å². The van der Waals surface area contributed by atoms with Gasteiger partial charge in [-0.05, 0) is 26.1 Å². The Hall–Kier alpha value is -3.48. The van der Waals surface area contributed by atoms with Crippen LogP contribution in [0.5, 0.6) is 17.2 Å². The lowest BCUT2D eigenvalue weighted by Gasteiger charge is -2.33. The van der Waals surface area contributed by atoms with Crippen LogP contribution >= 0.6 is 24.0 Å². The normalized spacial score (nSPS) is 13.6. The zero-order chi connectivity index (χ0) is 27.9. The molecule has 1 fully saturated rings. The van der Waals surface area contributed by atoms with Crippen LogP contribution in [-0.4, -0.2) is 95.5 Å². The zero-order valence-electron chi connectivity index (χ0n) is 22.7. The fourth-order valence-electron chi connectivity index (χ4n) is 4.07. The van der Waals surface area contributed by atoms with Gasteiger partial charge in [-0.3, -0.25) is 10.1 Å². The average Bonchev–Trinajstić information content (AvgIpc) is 2.96. The van der Waals surface area contributed by atoms with E-state index in [0.29, 0.717) is 38.5 Å². The lowest BCUT2D eigenvalue weighted by atomic mass is 10.0. The predicted molar refractivity (Wildman–Crippen MR) is 158 cm³/mol. The molecule has 1 amide bonds. The minimum Gasteiger partial charge on any atom is -0.493 e. The van der Waals surface area contributed by atoms with Crippen molar-refractivity contribution in [1.29, 1.82) is 0 Å². The number of carbonyl (C=O) groups is 1. The molecule has 206 valence electrons. The number of carbonyl (C=O) groups excluding carboxylic acids is 1. The molecule has 2 heterocycles. The van der Waals surface area contributed by atoms with Crippen molar-refractivity contribution in [2.24, 2.45) is 0 Å². The van der Waals surface area contributed by atoms with Gasteiger partial charge in [0.25, 0.3) is 0 Å². The number of anilines is 1. The van der Waals surface area contributed by atoms with E-state index in [4.69, 9.17) is 31.4 Å². The van der Waals surface area contributed by atoms with Crippen LogP contribution < -0.4 is 19.5 Å². The van der Waals surface area contributed by atoms with E-state index in [0.717, 1.165) is 37.3 Å². The van der Waals surface area contributed by atoms with E-state index < -0.39 is 0 Å². The summed E-state index contributed by atoms with van der Waals surface area (Å²) in [5.41, 5.74) is 3.66. The van der Waals surface area contributed by atoms with Crippen LogP contribution in [0.3, 0.4) is 0 Å². The number of piperazine rings is 1. The number of nitrogens with zero attached hydrogens (tertiary/aromatic N) is 5. The van der Waals surface area contributed by atoms with E-state index in [2.05, 4.69) is 32.4 Å². The summed E-state index contributed by atoms with van der Waals surface area (Å²) in [6, 6.07) is 11.5. The van der Waals surface area contributed by atoms with Crippen molar-refractivity contribution in [1.82, 2.24) is 25.0 Å². The van der Waals surface area contributed by atoms with Crippen LogP contribution in [0.1, 0.15) is 5.56 Å². The molecule has 0 aliphatic carbocycles. The van der Waals surface area contributed by atoms with Crippen molar-refractivity contribution in [2.45, 2.75) is 6.92 Å². The van der Waals surface area contributed by atoms with E-state index in [-0.39, 0.29) is 17.6 Å². The van der Waals surface area contributed by atoms with Crippen LogP contribution in [0.15, 0.2) is 36.4 Å². The summed E-state index contributed by atoms with van der Waals surface area (Å²) in [7, 11) is 6.74. The summed E-state index contributed by atoms with van der Waals surface area (Å²) in [4.78, 5) is 21.9. The van der Waals surface area contributed by atoms with E-state index >= 15 is 0 Å². The van der Waals surface area contributed by atoms with Gasteiger partial charge in [0.1, 0.15) is 15.7 Å². The Balaban J connectivity index is 1.61. The lowest BCUT2D eigenvalue weighted by Crippen LogP contribution is -2.46. The Morgan fingerprint density at radius 3 is 2.18 bits per heavy atom. The Morgan fingerprint density at radius 2 is 1.59 bits per heavy atom. The summed E-state index contributed by atoms with van der Waals surface area (Å²) in [5.74, 6) is 1.38. The molecule has 0 saturated carbocycles. The molecule has 0 bridgehead atoms. The van der Waals surface area contributed by atoms with Crippen LogP contribution in [0, 0.1) is 6.92 Å². The Morgan fingerprint density at radius 1 is 0.949 bits per heavy atom. The van der Waals surface area contributed by atoms with Crippen molar-refractivity contribution < 1.29 is 19.0 Å². The zero-order valence-corrected chi connectivity index (χ0v) is 24.3. The number of rotatable bonds is 8. The third-order valence-corrected chi connectivity index (χ3v) is 7.81. The highest BCUT2D eigenvalue weighted by atomic mass is 32.2. The second-order valence-electron chi connectivity index (χ2n) is 9.01. The molecule has 1 aromatic heterocycles. The molecule has 0 atom stereocenters. The van der Waals surface area contributed by atoms with Gasteiger partial charge in [0, 0.05) is 37.3 Å². The summed E-state index contributed by atoms with van der Waals surface area (Å²) in [6.07, 6.45) is 0. The monoisotopic (exact) mass is 568 g/mol. The van der Waals surface area contributed by atoms with Crippen molar-refractivity contribution in [2.75, 3.05) is 65.6 Å². The smallest absolute Gasteiger partial charge is 0.250 e. The molecule has 1 N–H and O–H groups in total. The number of hydrogen-bond acceptors (Lipinski definition) is 10. The van der Waals surface area contributed by atoms with Crippen LogP contribution in [0.25, 0.3) is 22.5 Å². The Bertz CT molecular complexity index is 1310. The summed E-state index contributed by atoms with van der Waals surface area (Å²) in [5, 5.41) is 11.4. The number of thioether (sulfide) groups is 1. The number of hydrogen-bond donors (Lipinski definition) is 1. The van der Waals surface area contributed by atoms with Gasteiger partial charge in [-0.1, -0.05) is 53.8 Å². The van der Waals surface area contributed by atoms with Gasteiger partial charge in [0.05, 0.1) is 27.1 Å². The first kappa shape index (κ1) is 28.5. The molecule has 1 aliphatic rings. The van der Waals surface area contributed by atoms with Crippen molar-refractivity contribution >= 4 is 40.2 Å². The van der Waals surface area contributed by atoms with E-state index in [9.17, 15) is 4.79 Å². The van der Waals surface area contributed by atoms with Gasteiger partial charge >= 0.3 is 0 Å². The Labute approximate surface area is 238 Å². The molecule has 3 aromatic rings. The SMILES string of the molecule is COc1cc(-c2nc(NC(=O)CSC(=S)N3CCN(C)CC3)nnc2-c2ccc(C)cc2)cc(OC)c1OC. The summed E-state index contributed by atoms with van der Waals surface area (Å²) < 4.78 is 17.3. The first-order valence-corrected chi connectivity index (χ1v) is 13.7. The largest absolute Gasteiger partial charge is 0.493 e. The first-order valence-electron chi connectivity index (χ1n) is 12.3. The van der Waals surface area contributed by atoms with E-state index in [1.165, 1.54) is 11.8 Å². The molecule has 12 heteroatoms. The van der Waals surface area contributed by atoms with E-state index in [1.54, 1.807) is 33.5 Å². The maximum absolute atomic E-state index is 12.8. The third kappa shape index (κ3) is 6.94. The molecular formula is C27H32N6O4S2. The highest BCUT2D eigenvalue weighted by molar-refractivity contribution is 8.23. The number of ether oxygens (including phenoxy) is 3. The second-order valence-corrected chi connectivity index (χ2v) is 10.6.